The van der Waals surface area contributed by atoms with Crippen LogP contribution in [0.5, 0.6) is 0 Å². The van der Waals surface area contributed by atoms with Gasteiger partial charge in [-0.3, -0.25) is 0 Å². The summed E-state index contributed by atoms with van der Waals surface area (Å²) in [5.74, 6) is 0. The Hall–Kier alpha value is -0.410. The maximum atomic E-state index is 4.34. The van der Waals surface area contributed by atoms with Gasteiger partial charge in [-0.1, -0.05) is 20.3 Å². The molecule has 1 aliphatic rings. The molecule has 1 aromatic heterocycles. The number of nitrogens with one attached hydrogen (secondary N) is 1. The monoisotopic (exact) mass is 252 g/mol. The molecule has 0 atom stereocenters. The average Bonchev–Trinajstić information content (AvgIpc) is 2.62. The van der Waals surface area contributed by atoms with Crippen molar-refractivity contribution >= 4 is 11.3 Å². The number of rotatable bonds is 6. The summed E-state index contributed by atoms with van der Waals surface area (Å²) in [6.45, 7) is 7.80. The van der Waals surface area contributed by atoms with E-state index in [0.29, 0.717) is 11.5 Å². The van der Waals surface area contributed by atoms with Crippen molar-refractivity contribution in [3.8, 4) is 0 Å². The number of thiazole rings is 1. The summed E-state index contributed by atoms with van der Waals surface area (Å²) in [4.78, 5) is 5.83. The molecule has 0 aliphatic heterocycles. The second kappa shape index (κ2) is 5.49. The molecule has 1 heterocycles. The lowest BCUT2D eigenvalue weighted by Crippen LogP contribution is -2.42. The average molecular weight is 252 g/mol. The zero-order valence-electron chi connectivity index (χ0n) is 11.3. The van der Waals surface area contributed by atoms with E-state index >= 15 is 0 Å². The Bertz CT molecular complexity index is 353. The molecule has 0 spiro atoms. The smallest absolute Gasteiger partial charge is 0.0797 e. The molecule has 2 rings (SSSR count). The van der Waals surface area contributed by atoms with Crippen molar-refractivity contribution in [1.82, 2.24) is 10.3 Å². The van der Waals surface area contributed by atoms with E-state index in [-0.39, 0.29) is 0 Å². The molecule has 0 amide bonds. The fourth-order valence-corrected chi connectivity index (χ4v) is 3.34. The lowest BCUT2D eigenvalue weighted by Gasteiger charge is -2.43. The number of hydrogen-bond acceptors (Lipinski definition) is 3. The number of aryl methyl sites for hydroxylation is 2. The van der Waals surface area contributed by atoms with E-state index < -0.39 is 0 Å². The summed E-state index contributed by atoms with van der Waals surface area (Å²) in [6, 6.07) is 0.609. The fraction of sp³-hybridized carbons (Fsp3) is 0.786. The van der Waals surface area contributed by atoms with Gasteiger partial charge in [-0.05, 0) is 38.0 Å². The van der Waals surface area contributed by atoms with Gasteiger partial charge < -0.3 is 5.32 Å². The summed E-state index contributed by atoms with van der Waals surface area (Å²) >= 11 is 1.82. The molecule has 1 saturated carbocycles. The van der Waals surface area contributed by atoms with Crippen LogP contribution in [0.4, 0.5) is 0 Å². The molecule has 2 nitrogen and oxygen atoms in total. The van der Waals surface area contributed by atoms with Crippen LogP contribution in [0.15, 0.2) is 5.51 Å². The van der Waals surface area contributed by atoms with Gasteiger partial charge in [0, 0.05) is 17.5 Å². The summed E-state index contributed by atoms with van der Waals surface area (Å²) in [5.41, 5.74) is 3.80. The van der Waals surface area contributed by atoms with Gasteiger partial charge in [-0.25, -0.2) is 4.98 Å². The molecule has 0 radical (unpaired) electrons. The molecule has 1 N–H and O–H groups in total. The summed E-state index contributed by atoms with van der Waals surface area (Å²) in [7, 11) is 0. The zero-order chi connectivity index (χ0) is 12.3. The third-order valence-electron chi connectivity index (χ3n) is 4.03. The van der Waals surface area contributed by atoms with Crippen molar-refractivity contribution in [3.63, 3.8) is 0 Å². The van der Waals surface area contributed by atoms with Crippen LogP contribution in [0.3, 0.4) is 0 Å². The van der Waals surface area contributed by atoms with Gasteiger partial charge in [-0.15, -0.1) is 11.3 Å². The van der Waals surface area contributed by atoms with Gasteiger partial charge >= 0.3 is 0 Å². The fourth-order valence-electron chi connectivity index (χ4n) is 2.56. The molecule has 0 saturated heterocycles. The van der Waals surface area contributed by atoms with Crippen LogP contribution in [0, 0.1) is 12.3 Å². The molecule has 96 valence electrons. The van der Waals surface area contributed by atoms with Gasteiger partial charge in [0.15, 0.2) is 0 Å². The molecular weight excluding hydrogens is 228 g/mol. The lowest BCUT2D eigenvalue weighted by molar-refractivity contribution is 0.114. The summed E-state index contributed by atoms with van der Waals surface area (Å²) in [5, 5.41) is 3.62. The van der Waals surface area contributed by atoms with E-state index in [0.717, 1.165) is 0 Å². The topological polar surface area (TPSA) is 24.9 Å². The van der Waals surface area contributed by atoms with Crippen molar-refractivity contribution in [2.45, 2.75) is 58.9 Å². The third-order valence-corrected chi connectivity index (χ3v) is 5.02. The van der Waals surface area contributed by atoms with Crippen LogP contribution in [0.25, 0.3) is 0 Å². The highest BCUT2D eigenvalue weighted by molar-refractivity contribution is 7.09. The van der Waals surface area contributed by atoms with E-state index in [9.17, 15) is 0 Å². The first-order valence-corrected chi connectivity index (χ1v) is 7.62. The first-order valence-electron chi connectivity index (χ1n) is 6.74. The van der Waals surface area contributed by atoms with Gasteiger partial charge in [0.1, 0.15) is 0 Å². The third kappa shape index (κ3) is 3.29. The molecule has 17 heavy (non-hydrogen) atoms. The summed E-state index contributed by atoms with van der Waals surface area (Å²) < 4.78 is 0. The molecule has 1 fully saturated rings. The Morgan fingerprint density at radius 2 is 2.24 bits per heavy atom. The molecule has 1 aliphatic carbocycles. The normalized spacial score (nSPS) is 18.4. The van der Waals surface area contributed by atoms with Crippen molar-refractivity contribution in [3.05, 3.63) is 16.1 Å². The first-order chi connectivity index (χ1) is 8.11. The van der Waals surface area contributed by atoms with Crippen molar-refractivity contribution in [2.24, 2.45) is 5.41 Å². The molecule has 1 aromatic rings. The predicted molar refractivity (Wildman–Crippen MR) is 74.6 cm³/mol. The molecule has 0 aromatic carbocycles. The number of nitrogens with zero attached hydrogens (tertiary/aromatic N) is 1. The Morgan fingerprint density at radius 3 is 2.71 bits per heavy atom. The van der Waals surface area contributed by atoms with E-state index in [1.165, 1.54) is 49.2 Å². The summed E-state index contributed by atoms with van der Waals surface area (Å²) in [6.07, 6.45) is 6.78. The highest BCUT2D eigenvalue weighted by Crippen LogP contribution is 2.44. The minimum atomic E-state index is 0.584. The SMILES string of the molecule is Cc1ncsc1CCC1(CNC(C)C)CCC1. The molecule has 3 heteroatoms. The van der Waals surface area contributed by atoms with Crippen LogP contribution in [-0.2, 0) is 6.42 Å². The Kier molecular flexibility index (Phi) is 4.21. The van der Waals surface area contributed by atoms with E-state index in [1.54, 1.807) is 0 Å². The maximum Gasteiger partial charge on any atom is 0.0797 e. The highest BCUT2D eigenvalue weighted by Gasteiger charge is 2.36. The molecule has 0 unspecified atom stereocenters. The number of aromatic nitrogens is 1. The van der Waals surface area contributed by atoms with Gasteiger partial charge in [0.05, 0.1) is 11.2 Å². The predicted octanol–water partition coefficient (Wildman–Crippen LogP) is 3.55. The zero-order valence-corrected chi connectivity index (χ0v) is 12.1. The Balaban J connectivity index is 1.85. The minimum absolute atomic E-state index is 0.584. The van der Waals surface area contributed by atoms with Crippen molar-refractivity contribution in [2.75, 3.05) is 6.54 Å². The van der Waals surface area contributed by atoms with Crippen LogP contribution in [0.2, 0.25) is 0 Å². The van der Waals surface area contributed by atoms with Gasteiger partial charge in [-0.2, -0.15) is 0 Å². The largest absolute Gasteiger partial charge is 0.314 e. The Labute approximate surface area is 109 Å². The van der Waals surface area contributed by atoms with Crippen LogP contribution >= 0.6 is 11.3 Å². The van der Waals surface area contributed by atoms with E-state index in [2.05, 4.69) is 31.1 Å². The van der Waals surface area contributed by atoms with Crippen LogP contribution in [0.1, 0.15) is 50.1 Å². The molecule has 0 bridgehead atoms. The second-order valence-corrected chi connectivity index (χ2v) is 6.69. The van der Waals surface area contributed by atoms with Crippen molar-refractivity contribution < 1.29 is 0 Å². The first kappa shape index (κ1) is 13.0. The van der Waals surface area contributed by atoms with Crippen molar-refractivity contribution in [1.29, 1.82) is 0 Å². The highest BCUT2D eigenvalue weighted by atomic mass is 32.1. The van der Waals surface area contributed by atoms with Gasteiger partial charge in [0.25, 0.3) is 0 Å². The lowest BCUT2D eigenvalue weighted by atomic mass is 9.66. The Morgan fingerprint density at radius 1 is 1.47 bits per heavy atom. The second-order valence-electron chi connectivity index (χ2n) is 5.75. The number of hydrogen-bond donors (Lipinski definition) is 1. The van der Waals surface area contributed by atoms with Crippen LogP contribution < -0.4 is 5.32 Å². The molecular formula is C14H24N2S. The van der Waals surface area contributed by atoms with E-state index in [4.69, 9.17) is 0 Å². The minimum Gasteiger partial charge on any atom is -0.314 e. The maximum absolute atomic E-state index is 4.34. The quantitative estimate of drug-likeness (QED) is 0.837. The van der Waals surface area contributed by atoms with Crippen LogP contribution in [-0.4, -0.2) is 17.6 Å². The standard InChI is InChI=1S/C14H24N2S/c1-11(2)15-9-14(6-4-7-14)8-5-13-12(3)16-10-17-13/h10-11,15H,4-9H2,1-3H3. The van der Waals surface area contributed by atoms with E-state index in [1.807, 2.05) is 16.8 Å². The van der Waals surface area contributed by atoms with Gasteiger partial charge in [0.2, 0.25) is 0 Å².